The van der Waals surface area contributed by atoms with Crippen LogP contribution in [0.15, 0.2) is 24.4 Å². The highest BCUT2D eigenvalue weighted by Gasteiger charge is 2.18. The summed E-state index contributed by atoms with van der Waals surface area (Å²) in [6.07, 6.45) is 1.38. The Hall–Kier alpha value is -2.08. The van der Waals surface area contributed by atoms with Crippen LogP contribution in [0.1, 0.15) is 17.4 Å². The highest BCUT2D eigenvalue weighted by atomic mass is 35.5. The van der Waals surface area contributed by atoms with Crippen LogP contribution < -0.4 is 11.1 Å². The quantitative estimate of drug-likeness (QED) is 0.908. The fourth-order valence-electron chi connectivity index (χ4n) is 1.67. The maximum Gasteiger partial charge on any atom is 0.276 e. The molecule has 1 aromatic carbocycles. The van der Waals surface area contributed by atoms with E-state index in [4.69, 9.17) is 17.3 Å². The van der Waals surface area contributed by atoms with Crippen molar-refractivity contribution >= 4 is 28.9 Å². The molecule has 1 heterocycles. The number of rotatable bonds is 3. The number of anilines is 2. The molecular weight excluding hydrogens is 271 g/mol. The summed E-state index contributed by atoms with van der Waals surface area (Å²) in [4.78, 5) is 12.1. The molecule has 1 amide bonds. The van der Waals surface area contributed by atoms with Crippen molar-refractivity contribution in [2.75, 3.05) is 11.1 Å². The number of aryl methyl sites for hydroxylation is 1. The minimum absolute atomic E-state index is 0.000697. The maximum atomic E-state index is 13.7. The summed E-state index contributed by atoms with van der Waals surface area (Å²) in [7, 11) is 0. The van der Waals surface area contributed by atoms with E-state index in [9.17, 15) is 9.18 Å². The van der Waals surface area contributed by atoms with Gasteiger partial charge in [-0.15, -0.1) is 0 Å². The summed E-state index contributed by atoms with van der Waals surface area (Å²) < 4.78 is 15.1. The molecule has 0 fully saturated rings. The van der Waals surface area contributed by atoms with E-state index in [2.05, 4.69) is 10.4 Å². The predicted octanol–water partition coefficient (Wildman–Crippen LogP) is 2.53. The predicted molar refractivity (Wildman–Crippen MR) is 71.7 cm³/mol. The van der Waals surface area contributed by atoms with Crippen molar-refractivity contribution in [3.05, 3.63) is 40.9 Å². The second-order valence-electron chi connectivity index (χ2n) is 3.82. The van der Waals surface area contributed by atoms with Crippen LogP contribution in [0, 0.1) is 5.82 Å². The first-order chi connectivity index (χ1) is 9.04. The number of amides is 1. The fraction of sp³-hybridized carbons (Fsp3) is 0.167. The molecule has 2 aromatic rings. The molecular formula is C12H12ClFN4O. The Balaban J connectivity index is 2.31. The van der Waals surface area contributed by atoms with Gasteiger partial charge in [0, 0.05) is 6.54 Å². The number of carbonyl (C=O) groups excluding carboxylic acids is 1. The van der Waals surface area contributed by atoms with E-state index in [-0.39, 0.29) is 22.1 Å². The molecule has 0 atom stereocenters. The van der Waals surface area contributed by atoms with E-state index in [0.29, 0.717) is 6.54 Å². The van der Waals surface area contributed by atoms with Crippen LogP contribution in [0.5, 0.6) is 0 Å². The Bertz CT molecular complexity index is 626. The molecule has 19 heavy (non-hydrogen) atoms. The molecule has 0 radical (unpaired) electrons. The third-order valence-electron chi connectivity index (χ3n) is 2.58. The number of carbonyl (C=O) groups is 1. The normalized spacial score (nSPS) is 10.5. The van der Waals surface area contributed by atoms with Crippen molar-refractivity contribution in [3.8, 4) is 0 Å². The summed E-state index contributed by atoms with van der Waals surface area (Å²) in [5.74, 6) is -1.21. The molecule has 0 saturated carbocycles. The SMILES string of the molecule is CCn1ncc(N)c1C(=O)Nc1cccc(Cl)c1F. The largest absolute Gasteiger partial charge is 0.396 e. The van der Waals surface area contributed by atoms with Crippen LogP contribution in [-0.2, 0) is 6.54 Å². The van der Waals surface area contributed by atoms with Gasteiger partial charge in [-0.05, 0) is 19.1 Å². The molecule has 100 valence electrons. The van der Waals surface area contributed by atoms with Crippen LogP contribution in [0.4, 0.5) is 15.8 Å². The Labute approximate surface area is 114 Å². The summed E-state index contributed by atoms with van der Waals surface area (Å²) in [6.45, 7) is 2.31. The van der Waals surface area contributed by atoms with Gasteiger partial charge in [-0.1, -0.05) is 17.7 Å². The molecule has 2 rings (SSSR count). The number of hydrogen-bond acceptors (Lipinski definition) is 3. The fourth-order valence-corrected chi connectivity index (χ4v) is 1.84. The zero-order valence-electron chi connectivity index (χ0n) is 10.2. The Morgan fingerprint density at radius 2 is 2.32 bits per heavy atom. The average molecular weight is 283 g/mol. The summed E-state index contributed by atoms with van der Waals surface area (Å²) in [6, 6.07) is 4.36. The van der Waals surface area contributed by atoms with Gasteiger partial charge >= 0.3 is 0 Å². The van der Waals surface area contributed by atoms with Crippen molar-refractivity contribution in [1.82, 2.24) is 9.78 Å². The lowest BCUT2D eigenvalue weighted by Crippen LogP contribution is -2.19. The standard InChI is InChI=1S/C12H12ClFN4O/c1-2-18-11(8(15)6-16-18)12(19)17-9-5-3-4-7(13)10(9)14/h3-6H,2,15H2,1H3,(H,17,19). The van der Waals surface area contributed by atoms with E-state index >= 15 is 0 Å². The summed E-state index contributed by atoms with van der Waals surface area (Å²) in [5, 5.41) is 6.32. The van der Waals surface area contributed by atoms with E-state index < -0.39 is 11.7 Å². The Morgan fingerprint density at radius 3 is 3.00 bits per heavy atom. The number of nitrogens with two attached hydrogens (primary N) is 1. The zero-order chi connectivity index (χ0) is 14.0. The van der Waals surface area contributed by atoms with Gasteiger partial charge < -0.3 is 11.1 Å². The lowest BCUT2D eigenvalue weighted by atomic mass is 10.2. The third kappa shape index (κ3) is 2.53. The number of nitrogen functional groups attached to an aromatic ring is 1. The second-order valence-corrected chi connectivity index (χ2v) is 4.23. The van der Waals surface area contributed by atoms with Crippen LogP contribution in [0.2, 0.25) is 5.02 Å². The number of halogens is 2. The van der Waals surface area contributed by atoms with E-state index in [1.165, 1.54) is 23.0 Å². The molecule has 0 bridgehead atoms. The number of benzene rings is 1. The smallest absolute Gasteiger partial charge is 0.276 e. The monoisotopic (exact) mass is 282 g/mol. The number of hydrogen-bond donors (Lipinski definition) is 2. The molecule has 1 aromatic heterocycles. The number of nitrogens with one attached hydrogen (secondary N) is 1. The molecule has 3 N–H and O–H groups in total. The van der Waals surface area contributed by atoms with Crippen molar-refractivity contribution in [2.24, 2.45) is 0 Å². The molecule has 7 heteroatoms. The topological polar surface area (TPSA) is 72.9 Å². The van der Waals surface area contributed by atoms with Gasteiger partial charge in [0.05, 0.1) is 22.6 Å². The van der Waals surface area contributed by atoms with Gasteiger partial charge in [0.15, 0.2) is 5.82 Å². The van der Waals surface area contributed by atoms with Crippen molar-refractivity contribution in [2.45, 2.75) is 13.5 Å². The molecule has 0 aliphatic rings. The van der Waals surface area contributed by atoms with Gasteiger partial charge in [0.2, 0.25) is 0 Å². The van der Waals surface area contributed by atoms with Crippen molar-refractivity contribution < 1.29 is 9.18 Å². The Morgan fingerprint density at radius 1 is 1.58 bits per heavy atom. The first kappa shape index (κ1) is 13.4. The minimum atomic E-state index is -0.682. The van der Waals surface area contributed by atoms with Crippen LogP contribution in [0.25, 0.3) is 0 Å². The average Bonchev–Trinajstić information content (AvgIpc) is 2.76. The molecule has 0 unspecified atom stereocenters. The van der Waals surface area contributed by atoms with Crippen LogP contribution in [0.3, 0.4) is 0 Å². The molecule has 0 saturated heterocycles. The summed E-state index contributed by atoms with van der Waals surface area (Å²) >= 11 is 5.64. The Kier molecular flexibility index (Phi) is 3.71. The van der Waals surface area contributed by atoms with E-state index in [1.54, 1.807) is 6.07 Å². The number of aromatic nitrogens is 2. The molecule has 0 aliphatic heterocycles. The first-order valence-corrected chi connectivity index (χ1v) is 5.99. The highest BCUT2D eigenvalue weighted by molar-refractivity contribution is 6.31. The first-order valence-electron chi connectivity index (χ1n) is 5.61. The lowest BCUT2D eigenvalue weighted by molar-refractivity contribution is 0.101. The van der Waals surface area contributed by atoms with Gasteiger partial charge in [-0.3, -0.25) is 9.48 Å². The molecule has 5 nitrogen and oxygen atoms in total. The van der Waals surface area contributed by atoms with Crippen LogP contribution >= 0.6 is 11.6 Å². The van der Waals surface area contributed by atoms with E-state index in [1.807, 2.05) is 6.92 Å². The van der Waals surface area contributed by atoms with Gasteiger partial charge in [0.1, 0.15) is 5.69 Å². The van der Waals surface area contributed by atoms with E-state index in [0.717, 1.165) is 0 Å². The highest BCUT2D eigenvalue weighted by Crippen LogP contribution is 2.23. The van der Waals surface area contributed by atoms with Gasteiger partial charge in [-0.25, -0.2) is 4.39 Å². The molecule has 0 aliphatic carbocycles. The minimum Gasteiger partial charge on any atom is -0.396 e. The van der Waals surface area contributed by atoms with Crippen LogP contribution in [-0.4, -0.2) is 15.7 Å². The molecule has 0 spiro atoms. The van der Waals surface area contributed by atoms with Gasteiger partial charge in [0.25, 0.3) is 5.91 Å². The maximum absolute atomic E-state index is 13.7. The summed E-state index contributed by atoms with van der Waals surface area (Å²) in [5.41, 5.74) is 6.11. The number of nitrogens with zero attached hydrogens (tertiary/aromatic N) is 2. The zero-order valence-corrected chi connectivity index (χ0v) is 10.9. The van der Waals surface area contributed by atoms with Crippen molar-refractivity contribution in [1.29, 1.82) is 0 Å². The van der Waals surface area contributed by atoms with Gasteiger partial charge in [-0.2, -0.15) is 5.10 Å². The third-order valence-corrected chi connectivity index (χ3v) is 2.87. The second kappa shape index (κ2) is 5.27. The lowest BCUT2D eigenvalue weighted by Gasteiger charge is -2.09. The van der Waals surface area contributed by atoms with Crippen molar-refractivity contribution in [3.63, 3.8) is 0 Å².